The van der Waals surface area contributed by atoms with Crippen LogP contribution in [-0.2, 0) is 9.36 Å². The van der Waals surface area contributed by atoms with E-state index in [1.54, 1.807) is 12.1 Å². The number of aliphatic hydroxyl groups excluding tert-OH is 1. The van der Waals surface area contributed by atoms with Crippen LogP contribution in [0.5, 0.6) is 0 Å². The van der Waals surface area contributed by atoms with Crippen molar-refractivity contribution in [2.24, 2.45) is 11.8 Å². The smallest absolute Gasteiger partial charge is 0.356 e. The third-order valence-corrected chi connectivity index (χ3v) is 8.98. The van der Waals surface area contributed by atoms with Gasteiger partial charge in [0, 0.05) is 5.69 Å². The highest BCUT2D eigenvalue weighted by Crippen LogP contribution is 2.46. The van der Waals surface area contributed by atoms with Crippen molar-refractivity contribution in [3.05, 3.63) is 84.4 Å². The lowest BCUT2D eigenvalue weighted by Crippen LogP contribution is -2.55. The minimum Gasteiger partial charge on any atom is -0.393 e. The zero-order valence-electron chi connectivity index (χ0n) is 20.8. The number of para-hydroxylation sites is 1. The van der Waals surface area contributed by atoms with Crippen LogP contribution in [0.4, 0.5) is 5.69 Å². The van der Waals surface area contributed by atoms with E-state index in [4.69, 9.17) is 0 Å². The third kappa shape index (κ3) is 5.58. The molecule has 0 spiro atoms. The Kier molecular flexibility index (Phi) is 7.64. The average molecular weight is 520 g/mol. The summed E-state index contributed by atoms with van der Waals surface area (Å²) in [6.07, 6.45) is 6.73. The molecule has 7 heteroatoms. The normalized spacial score (nSPS) is 21.5. The molecule has 2 fully saturated rings. The molecular formula is C30H34NO5P. The predicted octanol–water partition coefficient (Wildman–Crippen LogP) is 5.58. The van der Waals surface area contributed by atoms with Gasteiger partial charge in [-0.3, -0.25) is 9.36 Å². The van der Waals surface area contributed by atoms with Crippen molar-refractivity contribution >= 4 is 24.5 Å². The van der Waals surface area contributed by atoms with Crippen LogP contribution in [0.1, 0.15) is 56.6 Å². The largest absolute Gasteiger partial charge is 0.393 e. The van der Waals surface area contributed by atoms with Crippen LogP contribution in [0, 0.1) is 11.8 Å². The summed E-state index contributed by atoms with van der Waals surface area (Å²) in [6.45, 7) is 0. The van der Waals surface area contributed by atoms with E-state index in [0.29, 0.717) is 18.8 Å². The number of β-lactam (4-membered cyclic amide) rings is 1. The first kappa shape index (κ1) is 25.9. The molecule has 3 atom stereocenters. The minimum atomic E-state index is -4.27. The number of hydrogen-bond acceptors (Lipinski definition) is 3. The first-order chi connectivity index (χ1) is 17.8. The molecule has 2 aliphatic rings. The van der Waals surface area contributed by atoms with Crippen LogP contribution in [0.3, 0.4) is 0 Å². The number of amides is 1. The van der Waals surface area contributed by atoms with Gasteiger partial charge in [0.1, 0.15) is 0 Å². The second-order valence-corrected chi connectivity index (χ2v) is 12.0. The highest BCUT2D eigenvalue weighted by molar-refractivity contribution is 7.60. The van der Waals surface area contributed by atoms with Crippen molar-refractivity contribution in [1.29, 1.82) is 0 Å². The molecule has 3 aromatic rings. The maximum absolute atomic E-state index is 13.3. The van der Waals surface area contributed by atoms with Crippen LogP contribution >= 0.6 is 7.60 Å². The Morgan fingerprint density at radius 2 is 1.43 bits per heavy atom. The number of hydrogen-bond donors (Lipinski definition) is 3. The van der Waals surface area contributed by atoms with Gasteiger partial charge in [-0.2, -0.15) is 0 Å². The van der Waals surface area contributed by atoms with Gasteiger partial charge in [0.2, 0.25) is 5.91 Å². The molecule has 0 bridgehead atoms. The zero-order chi connectivity index (χ0) is 26.0. The second-order valence-electron chi connectivity index (χ2n) is 10.4. The molecular weight excluding hydrogens is 485 g/mol. The van der Waals surface area contributed by atoms with E-state index in [9.17, 15) is 24.3 Å². The molecule has 1 heterocycles. The quantitative estimate of drug-likeness (QED) is 0.267. The Balaban J connectivity index is 1.35. The summed E-state index contributed by atoms with van der Waals surface area (Å²) in [5, 5.41) is 10.8. The molecule has 1 amide bonds. The van der Waals surface area contributed by atoms with Gasteiger partial charge in [-0.1, -0.05) is 73.9 Å². The lowest BCUT2D eigenvalue weighted by molar-refractivity contribution is -0.131. The molecule has 3 aromatic carbocycles. The van der Waals surface area contributed by atoms with Gasteiger partial charge in [-0.25, -0.2) is 0 Å². The molecule has 1 saturated heterocycles. The third-order valence-electron chi connectivity index (χ3n) is 8.00. The molecule has 5 rings (SSSR count). The van der Waals surface area contributed by atoms with Crippen LogP contribution in [-0.4, -0.2) is 26.9 Å². The molecule has 37 heavy (non-hydrogen) atoms. The lowest BCUT2D eigenvalue weighted by atomic mass is 9.76. The van der Waals surface area contributed by atoms with Crippen molar-refractivity contribution < 1.29 is 24.3 Å². The Hall–Kier alpha value is -2.76. The number of benzene rings is 3. The molecule has 1 aliphatic carbocycles. The Morgan fingerprint density at radius 1 is 0.838 bits per heavy atom. The number of anilines is 1. The molecule has 0 radical (unpaired) electrons. The zero-order valence-corrected chi connectivity index (χ0v) is 21.7. The number of carbonyl (C=O) groups excluding carboxylic acids is 1. The average Bonchev–Trinajstić information content (AvgIpc) is 2.92. The number of rotatable bonds is 8. The predicted molar refractivity (Wildman–Crippen MR) is 146 cm³/mol. The van der Waals surface area contributed by atoms with Gasteiger partial charge >= 0.3 is 7.60 Å². The van der Waals surface area contributed by atoms with Gasteiger partial charge in [0.15, 0.2) is 0 Å². The van der Waals surface area contributed by atoms with E-state index in [0.717, 1.165) is 35.2 Å². The summed E-state index contributed by atoms with van der Waals surface area (Å²) in [5.74, 6) is 0.278. The number of nitrogens with zero attached hydrogens (tertiary/aromatic N) is 1. The first-order valence-electron chi connectivity index (χ1n) is 13.2. The van der Waals surface area contributed by atoms with Gasteiger partial charge < -0.3 is 19.8 Å². The molecule has 1 saturated carbocycles. The number of carbonyl (C=O) groups is 1. The summed E-state index contributed by atoms with van der Waals surface area (Å²) in [6, 6.07) is 24.0. The van der Waals surface area contributed by atoms with Crippen molar-refractivity contribution in [1.82, 2.24) is 0 Å². The summed E-state index contributed by atoms with van der Waals surface area (Å²) in [4.78, 5) is 33.9. The van der Waals surface area contributed by atoms with E-state index in [2.05, 4.69) is 0 Å². The molecule has 0 unspecified atom stereocenters. The monoisotopic (exact) mass is 519 g/mol. The van der Waals surface area contributed by atoms with Crippen LogP contribution < -0.4 is 10.2 Å². The Morgan fingerprint density at radius 3 is 2.03 bits per heavy atom. The van der Waals surface area contributed by atoms with Gasteiger partial charge in [0.25, 0.3) is 0 Å². The summed E-state index contributed by atoms with van der Waals surface area (Å²) >= 11 is 0. The van der Waals surface area contributed by atoms with E-state index in [1.807, 2.05) is 59.5 Å². The van der Waals surface area contributed by atoms with Gasteiger partial charge in [0.05, 0.1) is 23.4 Å². The van der Waals surface area contributed by atoms with Crippen molar-refractivity contribution in [2.45, 2.75) is 57.1 Å². The standard InChI is InChI=1S/C30H34NO5P/c32-28(23-7-3-1-4-8-23)20-19-27-29(31(30(27)33)25-9-5-2-6-10-25)24-13-11-21(12-14-24)22-15-17-26(18-16-22)37(34,35)36/h2,5-6,9-18,23,27-29,32H,1,3-4,7-8,19-20H2,(H2,34,35,36)/t27-,28+,29-/m1/s1. The highest BCUT2D eigenvalue weighted by atomic mass is 31.2. The van der Waals surface area contributed by atoms with E-state index < -0.39 is 7.60 Å². The van der Waals surface area contributed by atoms with Crippen molar-refractivity contribution in [2.75, 3.05) is 4.90 Å². The van der Waals surface area contributed by atoms with Crippen molar-refractivity contribution in [3.63, 3.8) is 0 Å². The molecule has 6 nitrogen and oxygen atoms in total. The van der Waals surface area contributed by atoms with E-state index in [1.165, 1.54) is 31.4 Å². The SMILES string of the molecule is O=C1[C@H](CC[C@H](O)C2CCCCC2)[C@@H](c2ccc(-c3ccc(P(=O)(O)O)cc3)cc2)N1c1ccccc1. The minimum absolute atomic E-state index is 0.00221. The molecule has 3 N–H and O–H groups in total. The van der Waals surface area contributed by atoms with Gasteiger partial charge in [-0.15, -0.1) is 0 Å². The maximum atomic E-state index is 13.3. The summed E-state index contributed by atoms with van der Waals surface area (Å²) in [5.41, 5.74) is 3.71. The fourth-order valence-corrected chi connectivity index (χ4v) is 6.45. The second kappa shape index (κ2) is 10.9. The Bertz CT molecular complexity index is 1250. The molecule has 1 aliphatic heterocycles. The van der Waals surface area contributed by atoms with E-state index in [-0.39, 0.29) is 29.3 Å². The van der Waals surface area contributed by atoms with Gasteiger partial charge in [-0.05, 0) is 72.6 Å². The van der Waals surface area contributed by atoms with Crippen LogP contribution in [0.15, 0.2) is 78.9 Å². The topological polar surface area (TPSA) is 98.1 Å². The molecule has 194 valence electrons. The fourth-order valence-electron chi connectivity index (χ4n) is 5.91. The maximum Gasteiger partial charge on any atom is 0.356 e. The number of aliphatic hydroxyl groups is 1. The van der Waals surface area contributed by atoms with Crippen LogP contribution in [0.25, 0.3) is 11.1 Å². The fraction of sp³-hybridized carbons (Fsp3) is 0.367. The summed E-state index contributed by atoms with van der Waals surface area (Å²) in [7, 11) is -4.27. The van der Waals surface area contributed by atoms with Crippen molar-refractivity contribution in [3.8, 4) is 11.1 Å². The first-order valence-corrected chi connectivity index (χ1v) is 14.8. The van der Waals surface area contributed by atoms with Crippen LogP contribution in [0.2, 0.25) is 0 Å². The summed E-state index contributed by atoms with van der Waals surface area (Å²) < 4.78 is 11.5. The highest BCUT2D eigenvalue weighted by Gasteiger charge is 2.48. The Labute approximate surface area is 218 Å². The van der Waals surface area contributed by atoms with E-state index >= 15 is 0 Å². The lowest BCUT2D eigenvalue weighted by Gasteiger charge is -2.48. The molecule has 0 aromatic heterocycles.